The lowest BCUT2D eigenvalue weighted by molar-refractivity contribution is 0.0895. The van der Waals surface area contributed by atoms with Gasteiger partial charge in [0.05, 0.1) is 0 Å². The number of likely N-dealkylation sites (tertiary alicyclic amines) is 1. The maximum absolute atomic E-state index is 15.0. The Kier molecular flexibility index (Phi) is 2.89. The largest absolute Gasteiger partial charge is 0.342 e. The molecule has 0 spiro atoms. The molecule has 0 amide bonds. The number of halogens is 1. The minimum atomic E-state index is -1.58. The molecule has 2 aromatic rings. The highest BCUT2D eigenvalue weighted by Crippen LogP contribution is 2.38. The number of H-pyrrole nitrogens is 1. The fourth-order valence-electron chi connectivity index (χ4n) is 2.41. The van der Waals surface area contributed by atoms with E-state index < -0.39 is 5.67 Å². The Morgan fingerprint density at radius 3 is 2.85 bits per heavy atom. The van der Waals surface area contributed by atoms with E-state index in [2.05, 4.69) is 45.8 Å². The zero-order valence-electron chi connectivity index (χ0n) is 11.9. The lowest BCUT2D eigenvalue weighted by atomic mass is 10.0. The Balaban J connectivity index is 1.83. The van der Waals surface area contributed by atoms with Gasteiger partial charge >= 0.3 is 0 Å². The molecule has 3 rings (SSSR count). The van der Waals surface area contributed by atoms with Gasteiger partial charge in [-0.1, -0.05) is 5.16 Å². The van der Waals surface area contributed by atoms with Gasteiger partial charge in [0, 0.05) is 37.4 Å². The van der Waals surface area contributed by atoms with Crippen LogP contribution in [0, 0.1) is 0 Å². The van der Waals surface area contributed by atoms with E-state index in [-0.39, 0.29) is 23.8 Å². The van der Waals surface area contributed by atoms with Gasteiger partial charge in [-0.2, -0.15) is 4.98 Å². The molecule has 0 saturated carbocycles. The number of aromatic amines is 1. The number of hydrogen-bond donors (Lipinski definition) is 1. The zero-order chi connectivity index (χ0) is 14.4. The van der Waals surface area contributed by atoms with Crippen LogP contribution in [-0.2, 0) is 5.67 Å². The molecule has 1 unspecified atom stereocenters. The maximum Gasteiger partial charge on any atom is 0.266 e. The predicted molar refractivity (Wildman–Crippen MR) is 70.6 cm³/mol. The van der Waals surface area contributed by atoms with Crippen molar-refractivity contribution < 1.29 is 8.91 Å². The molecule has 1 aliphatic rings. The standard InChI is InChI=1S/C13H18FN5O/c1-12(2,3)19-7-4-13(14,8-19)11-17-10(18-20-11)9-15-5-6-16-9/h5-6H,4,7-8H2,1-3H3,(H,15,16). The average molecular weight is 279 g/mol. The first-order chi connectivity index (χ1) is 9.38. The molecule has 1 saturated heterocycles. The first-order valence-electron chi connectivity index (χ1n) is 6.66. The van der Waals surface area contributed by atoms with Crippen molar-refractivity contribution in [2.45, 2.75) is 38.4 Å². The van der Waals surface area contributed by atoms with Crippen LogP contribution in [0.25, 0.3) is 11.6 Å². The topological polar surface area (TPSA) is 70.8 Å². The van der Waals surface area contributed by atoms with E-state index >= 15 is 4.39 Å². The number of nitrogens with zero attached hydrogens (tertiary/aromatic N) is 4. The van der Waals surface area contributed by atoms with Crippen molar-refractivity contribution in [3.05, 3.63) is 18.3 Å². The van der Waals surface area contributed by atoms with Gasteiger partial charge in [-0.3, -0.25) is 4.90 Å². The van der Waals surface area contributed by atoms with Crippen LogP contribution in [-0.4, -0.2) is 43.6 Å². The quantitative estimate of drug-likeness (QED) is 0.911. The van der Waals surface area contributed by atoms with E-state index in [0.717, 1.165) is 0 Å². The Morgan fingerprint density at radius 2 is 2.25 bits per heavy atom. The number of imidazole rings is 1. The average Bonchev–Trinajstić information content (AvgIpc) is 3.08. The predicted octanol–water partition coefficient (Wildman–Crippen LogP) is 2.13. The van der Waals surface area contributed by atoms with E-state index in [4.69, 9.17) is 4.52 Å². The van der Waals surface area contributed by atoms with Crippen LogP contribution < -0.4 is 0 Å². The molecule has 2 aromatic heterocycles. The number of rotatable bonds is 2. The number of hydrogen-bond acceptors (Lipinski definition) is 5. The molecular formula is C13H18FN5O. The Labute approximate surface area is 116 Å². The first kappa shape index (κ1) is 13.2. The molecule has 20 heavy (non-hydrogen) atoms. The molecule has 0 aromatic carbocycles. The van der Waals surface area contributed by atoms with Crippen LogP contribution in [0.4, 0.5) is 4.39 Å². The van der Waals surface area contributed by atoms with Crippen molar-refractivity contribution in [1.29, 1.82) is 0 Å². The molecule has 0 radical (unpaired) electrons. The Morgan fingerprint density at radius 1 is 1.45 bits per heavy atom. The number of nitrogens with one attached hydrogen (secondary N) is 1. The van der Waals surface area contributed by atoms with E-state index in [1.165, 1.54) is 0 Å². The highest BCUT2D eigenvalue weighted by Gasteiger charge is 2.47. The van der Waals surface area contributed by atoms with Gasteiger partial charge in [-0.15, -0.1) is 0 Å². The van der Waals surface area contributed by atoms with Crippen molar-refractivity contribution in [2.24, 2.45) is 0 Å². The van der Waals surface area contributed by atoms with Gasteiger partial charge in [-0.05, 0) is 20.8 Å². The summed E-state index contributed by atoms with van der Waals surface area (Å²) < 4.78 is 20.1. The summed E-state index contributed by atoms with van der Waals surface area (Å²) in [5.41, 5.74) is -1.65. The van der Waals surface area contributed by atoms with Gasteiger partial charge in [0.1, 0.15) is 0 Å². The molecule has 6 nitrogen and oxygen atoms in total. The lowest BCUT2D eigenvalue weighted by Gasteiger charge is -2.31. The number of alkyl halides is 1. The minimum Gasteiger partial charge on any atom is -0.342 e. The van der Waals surface area contributed by atoms with Crippen LogP contribution in [0.5, 0.6) is 0 Å². The maximum atomic E-state index is 15.0. The lowest BCUT2D eigenvalue weighted by Crippen LogP contribution is -2.41. The monoisotopic (exact) mass is 279 g/mol. The number of aromatic nitrogens is 4. The van der Waals surface area contributed by atoms with Crippen LogP contribution in [0.1, 0.15) is 33.1 Å². The molecule has 1 fully saturated rings. The van der Waals surface area contributed by atoms with Crippen molar-refractivity contribution in [3.63, 3.8) is 0 Å². The summed E-state index contributed by atoms with van der Waals surface area (Å²) in [4.78, 5) is 13.1. The molecule has 3 heterocycles. The SMILES string of the molecule is CC(C)(C)N1CCC(F)(c2nc(-c3ncc[nH]3)no2)C1. The van der Waals surface area contributed by atoms with Crippen molar-refractivity contribution in [2.75, 3.05) is 13.1 Å². The summed E-state index contributed by atoms with van der Waals surface area (Å²) in [5, 5.41) is 3.80. The normalized spacial score (nSPS) is 24.4. The van der Waals surface area contributed by atoms with Crippen molar-refractivity contribution in [3.8, 4) is 11.6 Å². The third-order valence-electron chi connectivity index (χ3n) is 3.69. The summed E-state index contributed by atoms with van der Waals surface area (Å²) in [6.45, 7) is 7.16. The summed E-state index contributed by atoms with van der Waals surface area (Å²) in [7, 11) is 0. The molecule has 108 valence electrons. The van der Waals surface area contributed by atoms with Gasteiger partial charge in [0.2, 0.25) is 11.5 Å². The summed E-state index contributed by atoms with van der Waals surface area (Å²) in [6.07, 6.45) is 3.62. The van der Waals surface area contributed by atoms with Crippen LogP contribution >= 0.6 is 0 Å². The third-order valence-corrected chi connectivity index (χ3v) is 3.69. The second kappa shape index (κ2) is 4.37. The second-order valence-corrected chi connectivity index (χ2v) is 6.17. The van der Waals surface area contributed by atoms with E-state index in [1.54, 1.807) is 12.4 Å². The molecule has 0 bridgehead atoms. The molecule has 1 N–H and O–H groups in total. The second-order valence-electron chi connectivity index (χ2n) is 6.17. The fourth-order valence-corrected chi connectivity index (χ4v) is 2.41. The van der Waals surface area contributed by atoms with Crippen LogP contribution in [0.15, 0.2) is 16.9 Å². The smallest absolute Gasteiger partial charge is 0.266 e. The van der Waals surface area contributed by atoms with Gasteiger partial charge in [0.25, 0.3) is 5.89 Å². The minimum absolute atomic E-state index is 0.0376. The molecule has 1 atom stereocenters. The molecular weight excluding hydrogens is 261 g/mol. The van der Waals surface area contributed by atoms with Crippen molar-refractivity contribution in [1.82, 2.24) is 25.0 Å². The highest BCUT2D eigenvalue weighted by atomic mass is 19.1. The highest BCUT2D eigenvalue weighted by molar-refractivity contribution is 5.41. The van der Waals surface area contributed by atoms with Gasteiger partial charge in [0.15, 0.2) is 5.82 Å². The summed E-state index contributed by atoms with van der Waals surface area (Å²) >= 11 is 0. The van der Waals surface area contributed by atoms with E-state index in [0.29, 0.717) is 18.8 Å². The Hall–Kier alpha value is -1.76. The van der Waals surface area contributed by atoms with Crippen LogP contribution in [0.3, 0.4) is 0 Å². The van der Waals surface area contributed by atoms with E-state index in [9.17, 15) is 0 Å². The van der Waals surface area contributed by atoms with Crippen LogP contribution in [0.2, 0.25) is 0 Å². The summed E-state index contributed by atoms with van der Waals surface area (Å²) in [6, 6.07) is 0. The van der Waals surface area contributed by atoms with Crippen molar-refractivity contribution >= 4 is 0 Å². The van der Waals surface area contributed by atoms with E-state index in [1.807, 2.05) is 0 Å². The summed E-state index contributed by atoms with van der Waals surface area (Å²) in [5.74, 6) is 0.807. The first-order valence-corrected chi connectivity index (χ1v) is 6.66. The molecule has 0 aliphatic carbocycles. The third kappa shape index (κ3) is 2.22. The zero-order valence-corrected chi connectivity index (χ0v) is 11.9. The fraction of sp³-hybridized carbons (Fsp3) is 0.615. The molecule has 1 aliphatic heterocycles. The van der Waals surface area contributed by atoms with Gasteiger partial charge < -0.3 is 9.51 Å². The Bertz CT molecular complexity index is 588. The molecule has 7 heteroatoms. The van der Waals surface area contributed by atoms with Gasteiger partial charge in [-0.25, -0.2) is 9.37 Å².